The molecule has 1 amide bonds. The Morgan fingerprint density at radius 3 is 3.00 bits per heavy atom. The number of aliphatic imine (C=N–C) groups is 1. The SMILES string of the molecule is Cc1cc(C#N)cnc1C(=O)Nc1ccc(F)c(C2C[S@]3=NCCCC3(C)C(N)=N2)n1. The Balaban J connectivity index is 1.61. The normalized spacial score (nSPS) is 24.9. The van der Waals surface area contributed by atoms with Crippen molar-refractivity contribution in [2.24, 2.45) is 15.1 Å². The van der Waals surface area contributed by atoms with Crippen molar-refractivity contribution in [2.75, 3.05) is 17.6 Å². The number of nitrogens with zero attached hydrogens (tertiary/aromatic N) is 5. The van der Waals surface area contributed by atoms with E-state index in [-0.39, 0.29) is 32.6 Å². The van der Waals surface area contributed by atoms with Gasteiger partial charge in [0.25, 0.3) is 5.91 Å². The number of amidine groups is 1. The number of nitriles is 1. The number of hydrogen-bond acceptors (Lipinski definition) is 7. The molecule has 0 bridgehead atoms. The summed E-state index contributed by atoms with van der Waals surface area (Å²) in [5, 5.41) is 11.6. The highest BCUT2D eigenvalue weighted by Gasteiger charge is 2.41. The van der Waals surface area contributed by atoms with Crippen molar-refractivity contribution in [2.45, 2.75) is 37.5 Å². The summed E-state index contributed by atoms with van der Waals surface area (Å²) in [5.74, 6) is 0.239. The molecule has 2 aliphatic rings. The fourth-order valence-electron chi connectivity index (χ4n) is 3.78. The van der Waals surface area contributed by atoms with Gasteiger partial charge in [-0.3, -0.25) is 14.1 Å². The highest BCUT2D eigenvalue weighted by atomic mass is 32.2. The second-order valence-corrected chi connectivity index (χ2v) is 9.99. The number of aromatic nitrogens is 2. The van der Waals surface area contributed by atoms with Crippen LogP contribution in [0.5, 0.6) is 0 Å². The van der Waals surface area contributed by atoms with Crippen molar-refractivity contribution < 1.29 is 9.18 Å². The van der Waals surface area contributed by atoms with Gasteiger partial charge in [-0.15, -0.1) is 0 Å². The number of nitrogens with one attached hydrogen (secondary N) is 1. The van der Waals surface area contributed by atoms with Crippen molar-refractivity contribution in [1.82, 2.24) is 9.97 Å². The summed E-state index contributed by atoms with van der Waals surface area (Å²) < 4.78 is 19.1. The minimum Gasteiger partial charge on any atom is -0.386 e. The molecular weight excluding hydrogens is 417 g/mol. The van der Waals surface area contributed by atoms with E-state index in [1.807, 2.05) is 6.07 Å². The second kappa shape index (κ2) is 8.15. The average molecular weight is 440 g/mol. The van der Waals surface area contributed by atoms with Crippen LogP contribution in [0.2, 0.25) is 0 Å². The predicted octanol–water partition coefficient (Wildman–Crippen LogP) is 2.81. The van der Waals surface area contributed by atoms with Gasteiger partial charge in [-0.2, -0.15) is 5.26 Å². The molecule has 3 N–H and O–H groups in total. The Bertz CT molecular complexity index is 1170. The molecule has 0 spiro atoms. The Morgan fingerprint density at radius 2 is 2.26 bits per heavy atom. The maximum absolute atomic E-state index is 14.7. The average Bonchev–Trinajstić information content (AvgIpc) is 2.75. The molecule has 0 aromatic carbocycles. The summed E-state index contributed by atoms with van der Waals surface area (Å²) in [6.45, 7) is 4.54. The van der Waals surface area contributed by atoms with Crippen LogP contribution < -0.4 is 11.1 Å². The van der Waals surface area contributed by atoms with Gasteiger partial charge in [0.15, 0.2) is 0 Å². The molecule has 31 heavy (non-hydrogen) atoms. The molecule has 8 nitrogen and oxygen atoms in total. The number of halogens is 1. The molecule has 10 heteroatoms. The first-order valence-electron chi connectivity index (χ1n) is 9.89. The van der Waals surface area contributed by atoms with Crippen molar-refractivity contribution >= 4 is 28.3 Å². The monoisotopic (exact) mass is 439 g/mol. The zero-order valence-corrected chi connectivity index (χ0v) is 18.0. The molecule has 4 heterocycles. The van der Waals surface area contributed by atoms with E-state index in [2.05, 4.69) is 27.2 Å². The molecule has 160 valence electrons. The quantitative estimate of drug-likeness (QED) is 0.760. The number of nitrogens with two attached hydrogens (primary N) is 1. The maximum Gasteiger partial charge on any atom is 0.275 e. The number of carbonyl (C=O) groups excluding carboxylic acids is 1. The number of anilines is 1. The summed E-state index contributed by atoms with van der Waals surface area (Å²) in [7, 11) is -0.352. The van der Waals surface area contributed by atoms with Crippen LogP contribution in [0.15, 0.2) is 33.8 Å². The molecule has 2 aromatic heterocycles. The molecule has 0 saturated carbocycles. The lowest BCUT2D eigenvalue weighted by atomic mass is 10.0. The van der Waals surface area contributed by atoms with Crippen molar-refractivity contribution in [3.05, 3.63) is 52.7 Å². The summed E-state index contributed by atoms with van der Waals surface area (Å²) in [4.78, 5) is 25.6. The maximum atomic E-state index is 14.7. The Labute approximate surface area is 181 Å². The highest BCUT2D eigenvalue weighted by molar-refractivity contribution is 7.89. The first-order chi connectivity index (χ1) is 14.8. The fourth-order valence-corrected chi connectivity index (χ4v) is 6.09. The molecule has 2 unspecified atom stereocenters. The van der Waals surface area contributed by atoms with Crippen LogP contribution in [0, 0.1) is 24.1 Å². The first-order valence-corrected chi connectivity index (χ1v) is 11.2. The first kappa shape index (κ1) is 21.1. The number of fused-ring (bicyclic) bond motifs is 1. The molecule has 0 radical (unpaired) electrons. The van der Waals surface area contributed by atoms with Crippen LogP contribution in [-0.4, -0.2) is 38.8 Å². The Morgan fingerprint density at radius 1 is 1.45 bits per heavy atom. The van der Waals surface area contributed by atoms with Gasteiger partial charge in [-0.25, -0.2) is 14.4 Å². The third-order valence-electron chi connectivity index (χ3n) is 5.58. The lowest BCUT2D eigenvalue weighted by molar-refractivity contribution is 0.102. The summed E-state index contributed by atoms with van der Waals surface area (Å²) in [5.41, 5.74) is 7.52. The van der Waals surface area contributed by atoms with Crippen molar-refractivity contribution in [3.63, 3.8) is 0 Å². The van der Waals surface area contributed by atoms with Gasteiger partial charge in [-0.05, 0) is 50.5 Å². The summed E-state index contributed by atoms with van der Waals surface area (Å²) >= 11 is 0. The van der Waals surface area contributed by atoms with Crippen LogP contribution in [0.1, 0.15) is 53.1 Å². The van der Waals surface area contributed by atoms with E-state index >= 15 is 0 Å². The third kappa shape index (κ3) is 3.93. The molecule has 0 aliphatic carbocycles. The smallest absolute Gasteiger partial charge is 0.275 e. The van der Waals surface area contributed by atoms with E-state index in [4.69, 9.17) is 15.4 Å². The zero-order valence-electron chi connectivity index (χ0n) is 17.2. The van der Waals surface area contributed by atoms with Gasteiger partial charge in [-0.1, -0.05) is 10.7 Å². The highest BCUT2D eigenvalue weighted by Crippen LogP contribution is 2.36. The van der Waals surface area contributed by atoms with Crippen molar-refractivity contribution in [1.29, 1.82) is 5.26 Å². The van der Waals surface area contributed by atoms with Gasteiger partial charge < -0.3 is 11.1 Å². The van der Waals surface area contributed by atoms with Gasteiger partial charge in [0.1, 0.15) is 41.0 Å². The van der Waals surface area contributed by atoms with Crippen LogP contribution in [0.3, 0.4) is 0 Å². The predicted molar refractivity (Wildman–Crippen MR) is 117 cm³/mol. The van der Waals surface area contributed by atoms with E-state index in [0.29, 0.717) is 22.7 Å². The Hall–Kier alpha value is -3.19. The number of amides is 1. The number of rotatable bonds is 3. The topological polar surface area (TPSA) is 129 Å². The summed E-state index contributed by atoms with van der Waals surface area (Å²) in [6, 6.07) is 5.66. The molecule has 3 atom stereocenters. The van der Waals surface area contributed by atoms with Gasteiger partial charge in [0.05, 0.1) is 10.3 Å². The molecule has 2 aliphatic heterocycles. The Kier molecular flexibility index (Phi) is 5.54. The molecule has 0 saturated heterocycles. The summed E-state index contributed by atoms with van der Waals surface area (Å²) in [6.07, 6.45) is 3.22. The van der Waals surface area contributed by atoms with Gasteiger partial charge >= 0.3 is 0 Å². The number of hydrogen-bond donors (Lipinski definition) is 2. The lowest BCUT2D eigenvalue weighted by Gasteiger charge is -2.39. The molecular formula is C21H22FN7OS. The molecule has 4 rings (SSSR count). The van der Waals surface area contributed by atoms with Crippen LogP contribution in [-0.2, 0) is 10.7 Å². The lowest BCUT2D eigenvalue weighted by Crippen LogP contribution is -2.51. The zero-order chi connectivity index (χ0) is 22.2. The number of aryl methyl sites for hydroxylation is 1. The second-order valence-electron chi connectivity index (χ2n) is 7.77. The van der Waals surface area contributed by atoms with Crippen LogP contribution in [0.25, 0.3) is 0 Å². The van der Waals surface area contributed by atoms with E-state index in [1.165, 1.54) is 18.3 Å². The third-order valence-corrected chi connectivity index (χ3v) is 8.16. The fraction of sp³-hybridized carbons (Fsp3) is 0.381. The van der Waals surface area contributed by atoms with E-state index in [0.717, 1.165) is 19.4 Å². The van der Waals surface area contributed by atoms with Gasteiger partial charge in [0.2, 0.25) is 0 Å². The number of carbonyl (C=O) groups is 1. The van der Waals surface area contributed by atoms with Gasteiger partial charge in [0, 0.05) is 18.5 Å². The van der Waals surface area contributed by atoms with E-state index < -0.39 is 17.8 Å². The van der Waals surface area contributed by atoms with Crippen molar-refractivity contribution in [3.8, 4) is 6.07 Å². The van der Waals surface area contributed by atoms with E-state index in [9.17, 15) is 9.18 Å². The largest absolute Gasteiger partial charge is 0.386 e. The van der Waals surface area contributed by atoms with E-state index in [1.54, 1.807) is 13.0 Å². The molecule has 2 aromatic rings. The number of pyridine rings is 2. The standard InChI is InChI=1S/C21H22FN7OS/c1-12-8-13(9-23)10-25-17(12)19(30)29-16-5-4-14(22)18(28-16)15-11-31-21(2,20(24)27-15)6-3-7-26-31/h4-5,8,10,15H,3,6-7,11H2,1-2H3,(H2,24,27)(H,28,29,30)/t15?,21?,31-/m1/s1. The van der Waals surface area contributed by atoms with Crippen LogP contribution in [0.4, 0.5) is 10.2 Å². The minimum atomic E-state index is -0.551. The minimum absolute atomic E-state index is 0.139. The molecule has 0 fully saturated rings. The van der Waals surface area contributed by atoms with Crippen LogP contribution >= 0.6 is 0 Å².